The summed E-state index contributed by atoms with van der Waals surface area (Å²) in [6.45, 7) is 2.17. The molecule has 12 nitrogen and oxygen atoms in total. The topological polar surface area (TPSA) is 161 Å². The Balaban J connectivity index is 1.19. The van der Waals surface area contributed by atoms with Crippen molar-refractivity contribution in [2.24, 2.45) is 5.11 Å². The van der Waals surface area contributed by atoms with Crippen molar-refractivity contribution in [1.82, 2.24) is 15.0 Å². The molecule has 0 bridgehead atoms. The average molecular weight is 645 g/mol. The zero-order valence-electron chi connectivity index (χ0n) is 24.6. The number of para-hydroxylation sites is 1. The molecule has 0 unspecified atom stereocenters. The van der Waals surface area contributed by atoms with Crippen molar-refractivity contribution in [2.75, 3.05) is 27.4 Å². The van der Waals surface area contributed by atoms with Crippen LogP contribution in [0.5, 0.6) is 11.5 Å². The van der Waals surface area contributed by atoms with Gasteiger partial charge in [0.25, 0.3) is 0 Å². The molecule has 5 rings (SSSR count). The second kappa shape index (κ2) is 14.5. The molecule has 0 saturated carbocycles. The van der Waals surface area contributed by atoms with Gasteiger partial charge >= 0.3 is 11.9 Å². The highest BCUT2D eigenvalue weighted by molar-refractivity contribution is 7.21. The van der Waals surface area contributed by atoms with E-state index >= 15 is 0 Å². The normalized spacial score (nSPS) is 11.2. The lowest BCUT2D eigenvalue weighted by atomic mass is 10.1. The number of nitrogens with one attached hydrogen (secondary N) is 1. The van der Waals surface area contributed by atoms with E-state index in [1.54, 1.807) is 33.4 Å². The molecule has 45 heavy (non-hydrogen) atoms. The van der Waals surface area contributed by atoms with E-state index < -0.39 is 11.9 Å². The smallest absolute Gasteiger partial charge is 0.354 e. The maximum atomic E-state index is 12.7. The molecule has 1 N–H and O–H groups in total. The van der Waals surface area contributed by atoms with E-state index in [0.717, 1.165) is 26.4 Å². The Kier molecular flexibility index (Phi) is 10.1. The van der Waals surface area contributed by atoms with Crippen LogP contribution in [-0.4, -0.2) is 54.3 Å². The van der Waals surface area contributed by atoms with Gasteiger partial charge in [-0.25, -0.2) is 19.6 Å². The number of carbonyl (C=O) groups is 2. The highest BCUT2D eigenvalue weighted by atomic mass is 32.1. The highest BCUT2D eigenvalue weighted by Crippen LogP contribution is 2.37. The Morgan fingerprint density at radius 1 is 1.02 bits per heavy atom. The van der Waals surface area contributed by atoms with Crippen LogP contribution in [0, 0.1) is 0 Å². The molecule has 0 radical (unpaired) electrons. The first kappa shape index (κ1) is 31.3. The predicted molar refractivity (Wildman–Crippen MR) is 172 cm³/mol. The Hall–Kier alpha value is -5.17. The third kappa shape index (κ3) is 7.32. The second-order valence-corrected chi connectivity index (χ2v) is 11.5. The van der Waals surface area contributed by atoms with Crippen LogP contribution in [0.3, 0.4) is 0 Å². The summed E-state index contributed by atoms with van der Waals surface area (Å²) in [4.78, 5) is 40.2. The molecule has 0 aliphatic heterocycles. The van der Waals surface area contributed by atoms with Crippen molar-refractivity contribution in [3.63, 3.8) is 0 Å². The SMILES string of the molecule is CCOC(=O)c1cc2sc(-c3ccc(CCCOC(=O)/C(=C/c4cnc(-c5ccccc5OC)s4)N=[N+]=[N-])cc3OC)nc2[nH]1. The fraction of sp³-hybridized carbons (Fsp3) is 0.226. The van der Waals surface area contributed by atoms with Gasteiger partial charge in [0.2, 0.25) is 0 Å². The van der Waals surface area contributed by atoms with Gasteiger partial charge in [0.15, 0.2) is 0 Å². The molecule has 0 atom stereocenters. The fourth-order valence-electron chi connectivity index (χ4n) is 4.44. The maximum absolute atomic E-state index is 12.7. The largest absolute Gasteiger partial charge is 0.496 e. The van der Waals surface area contributed by atoms with Gasteiger partial charge in [0.05, 0.1) is 43.3 Å². The van der Waals surface area contributed by atoms with E-state index in [4.69, 9.17) is 24.5 Å². The quantitative estimate of drug-likeness (QED) is 0.0345. The van der Waals surface area contributed by atoms with E-state index in [1.165, 1.54) is 28.7 Å². The molecule has 0 aliphatic rings. The van der Waals surface area contributed by atoms with Crippen molar-refractivity contribution < 1.29 is 28.5 Å². The van der Waals surface area contributed by atoms with Crippen molar-refractivity contribution in [3.8, 4) is 32.6 Å². The Morgan fingerprint density at radius 2 is 1.82 bits per heavy atom. The second-order valence-electron chi connectivity index (χ2n) is 9.40. The predicted octanol–water partition coefficient (Wildman–Crippen LogP) is 7.44. The van der Waals surface area contributed by atoms with Gasteiger partial charge in [0.1, 0.15) is 38.6 Å². The number of hydrogen-bond acceptors (Lipinski definition) is 11. The maximum Gasteiger partial charge on any atom is 0.354 e. The number of H-pyrrole nitrogens is 1. The van der Waals surface area contributed by atoms with E-state index in [1.807, 2.05) is 42.5 Å². The molecular weight excluding hydrogens is 617 g/mol. The molecule has 14 heteroatoms. The molecule has 5 aromatic rings. The van der Waals surface area contributed by atoms with Gasteiger partial charge in [-0.3, -0.25) is 0 Å². The number of carbonyl (C=O) groups excluding carboxylic acids is 2. The lowest BCUT2D eigenvalue weighted by molar-refractivity contribution is -0.139. The molecule has 0 fully saturated rings. The lowest BCUT2D eigenvalue weighted by Gasteiger charge is -2.09. The summed E-state index contributed by atoms with van der Waals surface area (Å²) in [7, 11) is 3.18. The molecule has 230 valence electrons. The molecule has 0 amide bonds. The highest BCUT2D eigenvalue weighted by Gasteiger charge is 2.18. The molecule has 0 spiro atoms. The standard InChI is InChI=1S/C31H28N6O6S2/c1-4-42-30(38)22-16-26-27(34-22)35-29(45-26)21-12-11-18(14-25(21)41-3)8-7-13-43-31(39)23(36-37-32)15-19-17-33-28(44-19)20-9-5-6-10-24(20)40-2/h5-6,9-12,14-17,34H,4,7-8,13H2,1-3H3/b23-15-. The number of ether oxygens (including phenoxy) is 4. The first-order chi connectivity index (χ1) is 21.9. The molecule has 0 saturated heterocycles. The summed E-state index contributed by atoms with van der Waals surface area (Å²) in [5, 5.41) is 4.99. The first-order valence-corrected chi connectivity index (χ1v) is 15.4. The molecule has 3 heterocycles. The third-order valence-corrected chi connectivity index (χ3v) is 8.53. The van der Waals surface area contributed by atoms with Gasteiger partial charge in [-0.15, -0.1) is 22.7 Å². The number of thiazole rings is 2. The van der Waals surface area contributed by atoms with Crippen molar-refractivity contribution in [2.45, 2.75) is 19.8 Å². The van der Waals surface area contributed by atoms with Crippen LogP contribution >= 0.6 is 22.7 Å². The minimum Gasteiger partial charge on any atom is -0.496 e. The van der Waals surface area contributed by atoms with E-state index in [9.17, 15) is 9.59 Å². The van der Waals surface area contributed by atoms with Crippen molar-refractivity contribution in [1.29, 1.82) is 0 Å². The number of esters is 2. The number of azide groups is 1. The average Bonchev–Trinajstić information content (AvgIpc) is 3.79. The number of benzene rings is 2. The zero-order valence-corrected chi connectivity index (χ0v) is 26.2. The van der Waals surface area contributed by atoms with Crippen LogP contribution in [0.4, 0.5) is 0 Å². The van der Waals surface area contributed by atoms with E-state index in [2.05, 4.69) is 25.0 Å². The number of methoxy groups -OCH3 is 2. The Labute approximate surface area is 265 Å². The number of fused-ring (bicyclic) bond motifs is 1. The minimum absolute atomic E-state index is 0.121. The zero-order chi connectivity index (χ0) is 31.8. The van der Waals surface area contributed by atoms with Crippen LogP contribution in [0.25, 0.3) is 48.0 Å². The number of rotatable bonds is 13. The van der Waals surface area contributed by atoms with Crippen molar-refractivity contribution >= 4 is 51.0 Å². The number of nitrogens with zero attached hydrogens (tertiary/aromatic N) is 5. The van der Waals surface area contributed by atoms with Crippen LogP contribution in [0.15, 0.2) is 65.5 Å². The van der Waals surface area contributed by atoms with Gasteiger partial charge in [-0.1, -0.05) is 23.3 Å². The third-order valence-electron chi connectivity index (χ3n) is 6.52. The number of aromatic nitrogens is 3. The summed E-state index contributed by atoms with van der Waals surface area (Å²) in [6.07, 6.45) is 4.20. The molecule has 0 aliphatic carbocycles. The minimum atomic E-state index is -0.724. The van der Waals surface area contributed by atoms with Crippen LogP contribution in [0.2, 0.25) is 0 Å². The van der Waals surface area contributed by atoms with Gasteiger partial charge in [-0.2, -0.15) is 0 Å². The van der Waals surface area contributed by atoms with Gasteiger partial charge in [-0.05, 0) is 67.3 Å². The monoisotopic (exact) mass is 644 g/mol. The molecular formula is C31H28N6O6S2. The van der Waals surface area contributed by atoms with Crippen molar-refractivity contribution in [3.05, 3.63) is 87.0 Å². The molecule has 2 aromatic carbocycles. The molecule has 3 aromatic heterocycles. The summed E-state index contributed by atoms with van der Waals surface area (Å²) >= 11 is 2.77. The number of aromatic amines is 1. The van der Waals surface area contributed by atoms with E-state index in [-0.39, 0.29) is 12.3 Å². The lowest BCUT2D eigenvalue weighted by Crippen LogP contribution is -2.08. The number of hydrogen-bond donors (Lipinski definition) is 1. The Morgan fingerprint density at radius 3 is 2.58 bits per heavy atom. The summed E-state index contributed by atoms with van der Waals surface area (Å²) in [5.41, 5.74) is 12.4. The van der Waals surface area contributed by atoms with Gasteiger partial charge in [0, 0.05) is 16.0 Å². The summed E-state index contributed by atoms with van der Waals surface area (Å²) in [5.74, 6) is 0.188. The van der Waals surface area contributed by atoms with Gasteiger partial charge < -0.3 is 23.9 Å². The fourth-order valence-corrected chi connectivity index (χ4v) is 6.32. The number of aryl methyl sites for hydroxylation is 1. The summed E-state index contributed by atoms with van der Waals surface area (Å²) in [6, 6.07) is 15.0. The first-order valence-electron chi connectivity index (χ1n) is 13.8. The van der Waals surface area contributed by atoms with Crippen LogP contribution < -0.4 is 9.47 Å². The van der Waals surface area contributed by atoms with E-state index in [0.29, 0.717) is 52.2 Å². The Bertz CT molecular complexity index is 1890. The van der Waals surface area contributed by atoms with Crippen LogP contribution in [0.1, 0.15) is 34.3 Å². The van der Waals surface area contributed by atoms with Crippen LogP contribution in [-0.2, 0) is 20.7 Å². The summed E-state index contributed by atoms with van der Waals surface area (Å²) < 4.78 is 22.3.